The van der Waals surface area contributed by atoms with Crippen LogP contribution in [0.3, 0.4) is 0 Å². The number of nitrogens with one attached hydrogen (secondary N) is 1. The maximum absolute atomic E-state index is 14.3. The number of nitrogens with zero attached hydrogens (tertiary/aromatic N) is 1. The predicted octanol–water partition coefficient (Wildman–Crippen LogP) is 5.43. The van der Waals surface area contributed by atoms with Crippen LogP contribution < -0.4 is 15.1 Å². The molecular formula is C26H26F4N2O6S. The number of hydrogen-bond acceptors (Lipinski definition) is 6. The second kappa shape index (κ2) is 9.85. The molecule has 1 aliphatic rings. The van der Waals surface area contributed by atoms with Crippen LogP contribution in [0.15, 0.2) is 41.2 Å². The zero-order valence-electron chi connectivity index (χ0n) is 21.5. The molecule has 0 saturated carbocycles. The number of aromatic nitrogens is 1. The first-order valence-electron chi connectivity index (χ1n) is 12.0. The van der Waals surface area contributed by atoms with Gasteiger partial charge < -0.3 is 14.2 Å². The number of carbonyl (C=O) groups is 1. The summed E-state index contributed by atoms with van der Waals surface area (Å²) in [7, 11) is -6.10. The fourth-order valence-electron chi connectivity index (χ4n) is 4.70. The number of aryl methyl sites for hydroxylation is 2. The average Bonchev–Trinajstić information content (AvgIpc) is 2.79. The van der Waals surface area contributed by atoms with Gasteiger partial charge in [0.1, 0.15) is 11.4 Å². The third kappa shape index (κ3) is 5.58. The van der Waals surface area contributed by atoms with Crippen molar-refractivity contribution in [2.45, 2.75) is 64.1 Å². The molecule has 1 atom stereocenters. The zero-order valence-corrected chi connectivity index (χ0v) is 22.3. The molecule has 2 aromatic carbocycles. The SMILES string of the molecule is C[C@H](NC(=O)OC(C)(C)C)c1c2c3c(ccc(OS(=O)(=O)C(F)(F)F)c3c(=O)n1-c1cccc(F)c1)CCC2. The van der Waals surface area contributed by atoms with Crippen LogP contribution in [0.5, 0.6) is 5.75 Å². The molecule has 0 unspecified atom stereocenters. The van der Waals surface area contributed by atoms with Crippen LogP contribution in [-0.4, -0.2) is 30.2 Å². The summed E-state index contributed by atoms with van der Waals surface area (Å²) in [5, 5.41) is 2.51. The number of carbonyl (C=O) groups excluding carboxylic acids is 1. The van der Waals surface area contributed by atoms with Gasteiger partial charge in [0.25, 0.3) is 5.56 Å². The Balaban J connectivity index is 2.05. The van der Waals surface area contributed by atoms with E-state index in [1.165, 1.54) is 18.2 Å². The van der Waals surface area contributed by atoms with Gasteiger partial charge in [0, 0.05) is 0 Å². The van der Waals surface area contributed by atoms with Crippen LogP contribution >= 0.6 is 0 Å². The van der Waals surface area contributed by atoms with Crippen LogP contribution in [0.25, 0.3) is 16.5 Å². The van der Waals surface area contributed by atoms with E-state index >= 15 is 0 Å². The van der Waals surface area contributed by atoms with Gasteiger partial charge in [-0.05, 0) is 87.7 Å². The van der Waals surface area contributed by atoms with Crippen LogP contribution in [0, 0.1) is 5.82 Å². The minimum Gasteiger partial charge on any atom is -0.444 e. The summed E-state index contributed by atoms with van der Waals surface area (Å²) in [6.45, 7) is 6.59. The normalized spacial score (nSPS) is 14.7. The van der Waals surface area contributed by atoms with Gasteiger partial charge >= 0.3 is 21.7 Å². The number of alkyl carbamates (subject to hydrolysis) is 1. The molecule has 4 rings (SSSR count). The van der Waals surface area contributed by atoms with Gasteiger partial charge in [0.15, 0.2) is 5.75 Å². The smallest absolute Gasteiger partial charge is 0.444 e. The highest BCUT2D eigenvalue weighted by Crippen LogP contribution is 2.39. The highest BCUT2D eigenvalue weighted by atomic mass is 32.2. The summed E-state index contributed by atoms with van der Waals surface area (Å²) >= 11 is 0. The molecule has 1 heterocycles. The lowest BCUT2D eigenvalue weighted by Crippen LogP contribution is -2.37. The van der Waals surface area contributed by atoms with E-state index in [9.17, 15) is 35.6 Å². The monoisotopic (exact) mass is 570 g/mol. The third-order valence-electron chi connectivity index (χ3n) is 6.09. The molecule has 0 saturated heterocycles. The van der Waals surface area contributed by atoms with Crippen LogP contribution in [0.1, 0.15) is 57.0 Å². The molecule has 1 N–H and O–H groups in total. The second-order valence-electron chi connectivity index (χ2n) is 10.2. The molecule has 0 aliphatic heterocycles. The summed E-state index contributed by atoms with van der Waals surface area (Å²) in [6.07, 6.45) is 0.609. The largest absolute Gasteiger partial charge is 0.534 e. The van der Waals surface area contributed by atoms with Crippen molar-refractivity contribution in [3.05, 3.63) is 69.4 Å². The summed E-state index contributed by atoms with van der Waals surface area (Å²) in [6, 6.07) is 6.47. The topological polar surface area (TPSA) is 104 Å². The van der Waals surface area contributed by atoms with E-state index in [1.54, 1.807) is 27.7 Å². The van der Waals surface area contributed by atoms with Gasteiger partial charge in [-0.2, -0.15) is 21.6 Å². The Morgan fingerprint density at radius 3 is 2.38 bits per heavy atom. The lowest BCUT2D eigenvalue weighted by molar-refractivity contribution is -0.0499. The molecule has 1 aromatic heterocycles. The number of rotatable bonds is 5. The van der Waals surface area contributed by atoms with E-state index in [0.29, 0.717) is 30.4 Å². The van der Waals surface area contributed by atoms with Crippen molar-refractivity contribution in [3.63, 3.8) is 0 Å². The minimum atomic E-state index is -6.10. The van der Waals surface area contributed by atoms with Gasteiger partial charge in [0.05, 0.1) is 22.8 Å². The lowest BCUT2D eigenvalue weighted by Gasteiger charge is -2.29. The first-order valence-corrected chi connectivity index (χ1v) is 13.4. The van der Waals surface area contributed by atoms with Gasteiger partial charge in [-0.25, -0.2) is 9.18 Å². The second-order valence-corrected chi connectivity index (χ2v) is 11.7. The van der Waals surface area contributed by atoms with E-state index in [-0.39, 0.29) is 16.8 Å². The molecule has 0 bridgehead atoms. The standard InChI is InChI=1S/C26H26F4N2O6S/c1-14(31-24(34)37-25(2,3)4)22-18-10-5-7-15-11-12-19(38-39(35,36)26(28,29)30)21(20(15)18)23(33)32(22)17-9-6-8-16(27)13-17/h6,8-9,11-14H,5,7,10H2,1-4H3,(H,31,34)/t14-/m0/s1. The van der Waals surface area contributed by atoms with Crippen molar-refractivity contribution < 1.29 is 39.7 Å². The van der Waals surface area contributed by atoms with Crippen molar-refractivity contribution in [2.24, 2.45) is 0 Å². The number of hydrogen-bond donors (Lipinski definition) is 1. The number of benzene rings is 2. The molecule has 0 spiro atoms. The predicted molar refractivity (Wildman–Crippen MR) is 135 cm³/mol. The molecule has 39 heavy (non-hydrogen) atoms. The quantitative estimate of drug-likeness (QED) is 0.249. The minimum absolute atomic E-state index is 0.0200. The third-order valence-corrected chi connectivity index (χ3v) is 7.05. The molecule has 8 nitrogen and oxygen atoms in total. The van der Waals surface area contributed by atoms with E-state index in [2.05, 4.69) is 9.50 Å². The maximum atomic E-state index is 14.3. The highest BCUT2D eigenvalue weighted by Gasteiger charge is 2.49. The fourth-order valence-corrected chi connectivity index (χ4v) is 5.17. The maximum Gasteiger partial charge on any atom is 0.534 e. The highest BCUT2D eigenvalue weighted by molar-refractivity contribution is 7.88. The molecule has 1 amide bonds. The van der Waals surface area contributed by atoms with Crippen LogP contribution in [0.4, 0.5) is 22.4 Å². The Morgan fingerprint density at radius 2 is 1.77 bits per heavy atom. The summed E-state index contributed by atoms with van der Waals surface area (Å²) in [5.74, 6) is -1.50. The van der Waals surface area contributed by atoms with Crippen LogP contribution in [-0.2, 0) is 27.7 Å². The number of pyridine rings is 1. The van der Waals surface area contributed by atoms with Crippen molar-refractivity contribution in [1.82, 2.24) is 9.88 Å². The van der Waals surface area contributed by atoms with Gasteiger partial charge in [-0.15, -0.1) is 0 Å². The van der Waals surface area contributed by atoms with Crippen molar-refractivity contribution in [2.75, 3.05) is 0 Å². The molecule has 3 aromatic rings. The fraction of sp³-hybridized carbons (Fsp3) is 0.385. The van der Waals surface area contributed by atoms with E-state index in [1.807, 2.05) is 0 Å². The molecule has 0 radical (unpaired) electrons. The summed E-state index contributed by atoms with van der Waals surface area (Å²) < 4.78 is 88.4. The summed E-state index contributed by atoms with van der Waals surface area (Å²) in [4.78, 5) is 26.6. The van der Waals surface area contributed by atoms with E-state index in [4.69, 9.17) is 4.74 Å². The first-order chi connectivity index (χ1) is 18.0. The van der Waals surface area contributed by atoms with E-state index < -0.39 is 55.9 Å². The van der Waals surface area contributed by atoms with Crippen molar-refractivity contribution in [3.8, 4) is 11.4 Å². The lowest BCUT2D eigenvalue weighted by atomic mass is 9.86. The van der Waals surface area contributed by atoms with Crippen LogP contribution in [0.2, 0.25) is 0 Å². The zero-order chi connectivity index (χ0) is 28.9. The molecule has 1 aliphatic carbocycles. The summed E-state index contributed by atoms with van der Waals surface area (Å²) in [5.41, 5.74) is -6.15. The molecular weight excluding hydrogens is 544 g/mol. The van der Waals surface area contributed by atoms with Gasteiger partial charge in [-0.1, -0.05) is 12.1 Å². The molecule has 210 valence electrons. The Bertz CT molecular complexity index is 1620. The number of amides is 1. The van der Waals surface area contributed by atoms with Gasteiger partial charge in [0.2, 0.25) is 0 Å². The van der Waals surface area contributed by atoms with Crippen molar-refractivity contribution >= 4 is 27.0 Å². The first kappa shape index (κ1) is 28.4. The Hall–Kier alpha value is -3.61. The Morgan fingerprint density at radius 1 is 1.08 bits per heavy atom. The molecule has 0 fully saturated rings. The average molecular weight is 571 g/mol. The molecule has 13 heteroatoms. The number of halogens is 4. The number of ether oxygens (including phenoxy) is 1. The van der Waals surface area contributed by atoms with Gasteiger partial charge in [-0.3, -0.25) is 9.36 Å². The Labute approximate surface area is 221 Å². The van der Waals surface area contributed by atoms with Crippen molar-refractivity contribution in [1.29, 1.82) is 0 Å². The van der Waals surface area contributed by atoms with E-state index in [0.717, 1.165) is 22.8 Å². The number of alkyl halides is 3. The Kier molecular flexibility index (Phi) is 7.17.